The van der Waals surface area contributed by atoms with Crippen LogP contribution >= 0.6 is 15.9 Å². The molecule has 1 aromatic heterocycles. The van der Waals surface area contributed by atoms with Gasteiger partial charge in [-0.2, -0.15) is 5.10 Å². The van der Waals surface area contributed by atoms with Crippen LogP contribution in [0.2, 0.25) is 0 Å². The average molecular weight is 408 g/mol. The third kappa shape index (κ3) is 4.10. The van der Waals surface area contributed by atoms with E-state index in [2.05, 4.69) is 26.3 Å². The standard InChI is InChI=1S/C18H22BrN3O3/c1-11(2)17-15-8-12(19)5-6-14(15)18(24)22(21-17)9-16(23)20-13-4-3-7-25-10-13/h5-6,8,11,13H,3-4,7,9-10H2,1-2H3,(H,20,23). The molecule has 6 nitrogen and oxygen atoms in total. The fraction of sp³-hybridized carbons (Fsp3) is 0.500. The van der Waals surface area contributed by atoms with E-state index < -0.39 is 0 Å². The first-order valence-corrected chi connectivity index (χ1v) is 9.32. The van der Waals surface area contributed by atoms with Crippen molar-refractivity contribution in [2.75, 3.05) is 13.2 Å². The third-order valence-electron chi connectivity index (χ3n) is 4.32. The minimum absolute atomic E-state index is 0.0120. The van der Waals surface area contributed by atoms with Crippen LogP contribution in [0.15, 0.2) is 27.5 Å². The number of carbonyl (C=O) groups is 1. The summed E-state index contributed by atoms with van der Waals surface area (Å²) in [6, 6.07) is 5.53. The Morgan fingerprint density at radius 3 is 2.92 bits per heavy atom. The van der Waals surface area contributed by atoms with Gasteiger partial charge in [0.05, 0.1) is 23.7 Å². The Hall–Kier alpha value is -1.73. The number of hydrogen-bond donors (Lipinski definition) is 1. The number of rotatable bonds is 4. The molecule has 0 aliphatic carbocycles. The van der Waals surface area contributed by atoms with Crippen LogP contribution in [0, 0.1) is 0 Å². The van der Waals surface area contributed by atoms with Crippen molar-refractivity contribution in [3.05, 3.63) is 38.7 Å². The second kappa shape index (κ2) is 7.66. The van der Waals surface area contributed by atoms with Gasteiger partial charge in [-0.25, -0.2) is 4.68 Å². The highest BCUT2D eigenvalue weighted by molar-refractivity contribution is 9.10. The smallest absolute Gasteiger partial charge is 0.275 e. The first-order chi connectivity index (χ1) is 12.0. The molecule has 3 rings (SSSR count). The normalized spacial score (nSPS) is 17.8. The highest BCUT2D eigenvalue weighted by Crippen LogP contribution is 2.24. The molecular formula is C18H22BrN3O3. The number of carbonyl (C=O) groups excluding carboxylic acids is 1. The van der Waals surface area contributed by atoms with Crippen LogP contribution in [0.1, 0.15) is 38.3 Å². The molecule has 1 unspecified atom stereocenters. The fourth-order valence-corrected chi connectivity index (χ4v) is 3.44. The van der Waals surface area contributed by atoms with Gasteiger partial charge in [0.25, 0.3) is 5.56 Å². The largest absolute Gasteiger partial charge is 0.379 e. The van der Waals surface area contributed by atoms with Crippen LogP contribution < -0.4 is 10.9 Å². The molecular weight excluding hydrogens is 386 g/mol. The summed E-state index contributed by atoms with van der Waals surface area (Å²) >= 11 is 3.44. The van der Waals surface area contributed by atoms with Crippen LogP contribution in [0.25, 0.3) is 10.8 Å². The highest BCUT2D eigenvalue weighted by atomic mass is 79.9. The van der Waals surface area contributed by atoms with Crippen molar-refractivity contribution < 1.29 is 9.53 Å². The summed E-state index contributed by atoms with van der Waals surface area (Å²) in [5.41, 5.74) is 0.562. The molecule has 1 fully saturated rings. The summed E-state index contributed by atoms with van der Waals surface area (Å²) < 4.78 is 7.54. The minimum atomic E-state index is -0.248. The number of fused-ring (bicyclic) bond motifs is 1. The molecule has 134 valence electrons. The van der Waals surface area contributed by atoms with E-state index in [9.17, 15) is 9.59 Å². The summed E-state index contributed by atoms with van der Waals surface area (Å²) in [5.74, 6) is -0.0743. The van der Waals surface area contributed by atoms with E-state index in [-0.39, 0.29) is 30.0 Å². The molecule has 25 heavy (non-hydrogen) atoms. The number of ether oxygens (including phenoxy) is 1. The minimum Gasteiger partial charge on any atom is -0.379 e. The lowest BCUT2D eigenvalue weighted by Gasteiger charge is -2.23. The second-order valence-corrected chi connectivity index (χ2v) is 7.59. The van der Waals surface area contributed by atoms with Gasteiger partial charge in [-0.1, -0.05) is 29.8 Å². The first-order valence-electron chi connectivity index (χ1n) is 8.53. The number of aromatic nitrogens is 2. The zero-order chi connectivity index (χ0) is 18.0. The van der Waals surface area contributed by atoms with E-state index in [1.165, 1.54) is 4.68 Å². The molecule has 1 saturated heterocycles. The van der Waals surface area contributed by atoms with Gasteiger partial charge in [0.15, 0.2) is 0 Å². The van der Waals surface area contributed by atoms with Gasteiger partial charge in [-0.3, -0.25) is 9.59 Å². The SMILES string of the molecule is CC(C)c1nn(CC(=O)NC2CCCOC2)c(=O)c2ccc(Br)cc12. The molecule has 0 spiro atoms. The Morgan fingerprint density at radius 1 is 1.44 bits per heavy atom. The molecule has 1 atom stereocenters. The quantitative estimate of drug-likeness (QED) is 0.844. The fourth-order valence-electron chi connectivity index (χ4n) is 3.08. The zero-order valence-corrected chi connectivity index (χ0v) is 16.0. The highest BCUT2D eigenvalue weighted by Gasteiger charge is 2.19. The van der Waals surface area contributed by atoms with Gasteiger partial charge in [0.2, 0.25) is 5.91 Å². The number of nitrogens with one attached hydrogen (secondary N) is 1. The monoisotopic (exact) mass is 407 g/mol. The number of benzene rings is 1. The van der Waals surface area contributed by atoms with Crippen LogP contribution in [0.4, 0.5) is 0 Å². The lowest BCUT2D eigenvalue weighted by atomic mass is 10.0. The molecule has 7 heteroatoms. The second-order valence-electron chi connectivity index (χ2n) is 6.67. The molecule has 1 amide bonds. The van der Waals surface area contributed by atoms with Gasteiger partial charge < -0.3 is 10.1 Å². The topological polar surface area (TPSA) is 73.2 Å². The van der Waals surface area contributed by atoms with Crippen molar-refractivity contribution in [2.24, 2.45) is 0 Å². The Labute approximate surface area is 154 Å². The zero-order valence-electron chi connectivity index (χ0n) is 14.4. The van der Waals surface area contributed by atoms with Crippen molar-refractivity contribution in [2.45, 2.75) is 45.2 Å². The summed E-state index contributed by atoms with van der Waals surface area (Å²) in [6.07, 6.45) is 1.84. The van der Waals surface area contributed by atoms with E-state index in [0.29, 0.717) is 12.0 Å². The summed E-state index contributed by atoms with van der Waals surface area (Å²) in [6.45, 7) is 5.23. The van der Waals surface area contributed by atoms with Gasteiger partial charge in [-0.15, -0.1) is 0 Å². The van der Waals surface area contributed by atoms with Crippen molar-refractivity contribution in [1.82, 2.24) is 15.1 Å². The summed E-state index contributed by atoms with van der Waals surface area (Å²) in [5, 5.41) is 8.80. The van der Waals surface area contributed by atoms with Gasteiger partial charge in [0.1, 0.15) is 6.54 Å². The van der Waals surface area contributed by atoms with Crippen molar-refractivity contribution >= 4 is 32.6 Å². The number of amides is 1. The Balaban J connectivity index is 1.90. The molecule has 0 bridgehead atoms. The van der Waals surface area contributed by atoms with Crippen molar-refractivity contribution in [1.29, 1.82) is 0 Å². The summed E-state index contributed by atoms with van der Waals surface area (Å²) in [7, 11) is 0. The summed E-state index contributed by atoms with van der Waals surface area (Å²) in [4.78, 5) is 25.1. The van der Waals surface area contributed by atoms with Crippen LogP contribution in [-0.2, 0) is 16.1 Å². The van der Waals surface area contributed by atoms with E-state index >= 15 is 0 Å². The maximum absolute atomic E-state index is 12.7. The van der Waals surface area contributed by atoms with E-state index in [1.54, 1.807) is 6.07 Å². The van der Waals surface area contributed by atoms with Crippen LogP contribution in [0.5, 0.6) is 0 Å². The van der Waals surface area contributed by atoms with E-state index in [0.717, 1.165) is 35.0 Å². The molecule has 1 aromatic carbocycles. The average Bonchev–Trinajstić information content (AvgIpc) is 2.57. The van der Waals surface area contributed by atoms with Gasteiger partial charge >= 0.3 is 0 Å². The van der Waals surface area contributed by atoms with Crippen LogP contribution in [0.3, 0.4) is 0 Å². The third-order valence-corrected chi connectivity index (χ3v) is 4.81. The molecule has 1 N–H and O–H groups in total. The Kier molecular flexibility index (Phi) is 5.54. The van der Waals surface area contributed by atoms with Crippen molar-refractivity contribution in [3.8, 4) is 0 Å². The molecule has 1 aliphatic rings. The van der Waals surface area contributed by atoms with Crippen LogP contribution in [-0.4, -0.2) is 34.9 Å². The lowest BCUT2D eigenvalue weighted by Crippen LogP contribution is -2.43. The van der Waals surface area contributed by atoms with Gasteiger partial charge in [-0.05, 0) is 37.0 Å². The van der Waals surface area contributed by atoms with E-state index in [1.807, 2.05) is 26.0 Å². The Bertz CT molecular complexity index is 841. The predicted octanol–water partition coefficient (Wildman–Crippen LogP) is 2.58. The first kappa shape index (κ1) is 18.1. The Morgan fingerprint density at radius 2 is 2.24 bits per heavy atom. The number of halogens is 1. The predicted molar refractivity (Wildman–Crippen MR) is 99.8 cm³/mol. The number of hydrogen-bond acceptors (Lipinski definition) is 4. The molecule has 0 radical (unpaired) electrons. The molecule has 1 aliphatic heterocycles. The number of nitrogens with zero attached hydrogens (tertiary/aromatic N) is 2. The molecule has 2 aromatic rings. The maximum atomic E-state index is 12.7. The molecule has 2 heterocycles. The van der Waals surface area contributed by atoms with Crippen molar-refractivity contribution in [3.63, 3.8) is 0 Å². The molecule has 0 saturated carbocycles. The lowest BCUT2D eigenvalue weighted by molar-refractivity contribution is -0.123. The maximum Gasteiger partial charge on any atom is 0.275 e. The van der Waals surface area contributed by atoms with Gasteiger partial charge in [0, 0.05) is 16.5 Å². The van der Waals surface area contributed by atoms with E-state index in [4.69, 9.17) is 4.74 Å².